The molecule has 1 amide bonds. The van der Waals surface area contributed by atoms with Crippen LogP contribution in [0.15, 0.2) is 29.2 Å². The Morgan fingerprint density at radius 2 is 2.06 bits per heavy atom. The van der Waals surface area contributed by atoms with Gasteiger partial charge in [0.1, 0.15) is 0 Å². The van der Waals surface area contributed by atoms with Gasteiger partial charge in [0.25, 0.3) is 5.91 Å². The Morgan fingerprint density at radius 3 is 2.65 bits per heavy atom. The summed E-state index contributed by atoms with van der Waals surface area (Å²) in [6.45, 7) is 2.52. The molecule has 1 aromatic carbocycles. The van der Waals surface area contributed by atoms with Crippen molar-refractivity contribution in [2.45, 2.75) is 18.2 Å². The van der Waals surface area contributed by atoms with Crippen LogP contribution in [0.25, 0.3) is 0 Å². The highest BCUT2D eigenvalue weighted by atomic mass is 32.2. The summed E-state index contributed by atoms with van der Waals surface area (Å²) in [6.07, 6.45) is 0.834. The topological polar surface area (TPSA) is 75.3 Å². The van der Waals surface area contributed by atoms with E-state index in [9.17, 15) is 13.2 Å². The SMILES string of the molecule is CCCNC(=O)c1cccc(S(=O)(=O)NC)c1. The average molecular weight is 256 g/mol. The van der Waals surface area contributed by atoms with Crippen molar-refractivity contribution in [3.8, 4) is 0 Å². The van der Waals surface area contributed by atoms with Crippen molar-refractivity contribution < 1.29 is 13.2 Å². The molecule has 0 bridgehead atoms. The third kappa shape index (κ3) is 3.54. The number of amides is 1. The number of rotatable bonds is 5. The Morgan fingerprint density at radius 1 is 1.35 bits per heavy atom. The molecular weight excluding hydrogens is 240 g/mol. The Hall–Kier alpha value is -1.40. The number of sulfonamides is 1. The standard InChI is InChI=1S/C11H16N2O3S/c1-3-7-13-11(14)9-5-4-6-10(8-9)17(15,16)12-2/h4-6,8,12H,3,7H2,1-2H3,(H,13,14). The van der Waals surface area contributed by atoms with Crippen LogP contribution in [0.2, 0.25) is 0 Å². The first-order valence-corrected chi connectivity index (χ1v) is 6.81. The van der Waals surface area contributed by atoms with Crippen LogP contribution in [0.1, 0.15) is 23.7 Å². The van der Waals surface area contributed by atoms with Crippen molar-refractivity contribution in [2.24, 2.45) is 0 Å². The Labute approximate surface area is 101 Å². The zero-order chi connectivity index (χ0) is 12.9. The number of hydrogen-bond acceptors (Lipinski definition) is 3. The van der Waals surface area contributed by atoms with Gasteiger partial charge in [0.15, 0.2) is 0 Å². The molecule has 2 N–H and O–H groups in total. The third-order valence-corrected chi connectivity index (χ3v) is 3.62. The lowest BCUT2D eigenvalue weighted by atomic mass is 10.2. The molecule has 5 nitrogen and oxygen atoms in total. The van der Waals surface area contributed by atoms with E-state index in [1.165, 1.54) is 19.2 Å². The Balaban J connectivity index is 2.98. The highest BCUT2D eigenvalue weighted by Crippen LogP contribution is 2.10. The van der Waals surface area contributed by atoms with Crippen molar-refractivity contribution in [1.29, 1.82) is 0 Å². The van der Waals surface area contributed by atoms with E-state index >= 15 is 0 Å². The van der Waals surface area contributed by atoms with Crippen LogP contribution in [0.3, 0.4) is 0 Å². The minimum absolute atomic E-state index is 0.0872. The summed E-state index contributed by atoms with van der Waals surface area (Å²) < 4.78 is 25.3. The fourth-order valence-electron chi connectivity index (χ4n) is 1.26. The monoisotopic (exact) mass is 256 g/mol. The molecule has 0 spiro atoms. The molecule has 0 saturated heterocycles. The molecule has 0 aromatic heterocycles. The predicted molar refractivity (Wildman–Crippen MR) is 65.3 cm³/mol. The van der Waals surface area contributed by atoms with E-state index in [1.807, 2.05) is 6.92 Å². The summed E-state index contributed by atoms with van der Waals surface area (Å²) in [5, 5.41) is 2.69. The number of carbonyl (C=O) groups excluding carboxylic acids is 1. The van der Waals surface area contributed by atoms with E-state index in [4.69, 9.17) is 0 Å². The molecule has 0 heterocycles. The lowest BCUT2D eigenvalue weighted by molar-refractivity contribution is 0.0953. The molecule has 94 valence electrons. The lowest BCUT2D eigenvalue weighted by Gasteiger charge is -2.06. The van der Waals surface area contributed by atoms with Crippen LogP contribution >= 0.6 is 0 Å². The van der Waals surface area contributed by atoms with Gasteiger partial charge in [-0.3, -0.25) is 4.79 Å². The van der Waals surface area contributed by atoms with Gasteiger partial charge in [0, 0.05) is 12.1 Å². The first-order valence-electron chi connectivity index (χ1n) is 5.33. The average Bonchev–Trinajstić information content (AvgIpc) is 2.36. The highest BCUT2D eigenvalue weighted by Gasteiger charge is 2.13. The molecule has 17 heavy (non-hydrogen) atoms. The van der Waals surface area contributed by atoms with Gasteiger partial charge in [-0.1, -0.05) is 13.0 Å². The maximum absolute atomic E-state index is 11.6. The van der Waals surface area contributed by atoms with Gasteiger partial charge in [-0.2, -0.15) is 0 Å². The van der Waals surface area contributed by atoms with Crippen LogP contribution in [0.4, 0.5) is 0 Å². The maximum Gasteiger partial charge on any atom is 0.251 e. The van der Waals surface area contributed by atoms with Crippen LogP contribution < -0.4 is 10.0 Å². The van der Waals surface area contributed by atoms with Gasteiger partial charge in [-0.25, -0.2) is 13.1 Å². The number of benzene rings is 1. The second-order valence-corrected chi connectivity index (χ2v) is 5.38. The summed E-state index contributed by atoms with van der Waals surface area (Å²) in [7, 11) is -2.17. The molecule has 1 aromatic rings. The number of hydrogen-bond donors (Lipinski definition) is 2. The van der Waals surface area contributed by atoms with Gasteiger partial charge in [0.05, 0.1) is 4.90 Å². The quantitative estimate of drug-likeness (QED) is 0.815. The normalized spacial score (nSPS) is 11.2. The van der Waals surface area contributed by atoms with Crippen molar-refractivity contribution in [1.82, 2.24) is 10.0 Å². The molecule has 0 radical (unpaired) electrons. The van der Waals surface area contributed by atoms with Crippen LogP contribution in [0.5, 0.6) is 0 Å². The van der Waals surface area contributed by atoms with Crippen LogP contribution in [0, 0.1) is 0 Å². The molecule has 1 rings (SSSR count). The second-order valence-electron chi connectivity index (χ2n) is 3.49. The summed E-state index contributed by atoms with van der Waals surface area (Å²) in [5.41, 5.74) is 0.342. The summed E-state index contributed by atoms with van der Waals surface area (Å²) in [6, 6.07) is 5.93. The Bertz CT molecular complexity index is 497. The van der Waals surface area contributed by atoms with Crippen molar-refractivity contribution >= 4 is 15.9 Å². The molecule has 0 aliphatic carbocycles. The van der Waals surface area contributed by atoms with E-state index in [2.05, 4.69) is 10.0 Å². The molecule has 0 aliphatic rings. The minimum Gasteiger partial charge on any atom is -0.352 e. The third-order valence-electron chi connectivity index (χ3n) is 2.21. The first-order chi connectivity index (χ1) is 8.01. The first kappa shape index (κ1) is 13.7. The fraction of sp³-hybridized carbons (Fsp3) is 0.364. The number of carbonyl (C=O) groups is 1. The summed E-state index contributed by atoms with van der Waals surface area (Å²) in [4.78, 5) is 11.7. The second kappa shape index (κ2) is 5.79. The molecule has 0 aliphatic heterocycles. The smallest absolute Gasteiger partial charge is 0.251 e. The fourth-order valence-corrected chi connectivity index (χ4v) is 2.04. The molecule has 0 atom stereocenters. The van der Waals surface area contributed by atoms with E-state index in [0.29, 0.717) is 12.1 Å². The van der Waals surface area contributed by atoms with Gasteiger partial charge < -0.3 is 5.32 Å². The van der Waals surface area contributed by atoms with Gasteiger partial charge in [-0.15, -0.1) is 0 Å². The zero-order valence-electron chi connectivity index (χ0n) is 9.86. The molecule has 0 fully saturated rings. The predicted octanol–water partition coefficient (Wildman–Crippen LogP) is 0.735. The maximum atomic E-state index is 11.6. The van der Waals surface area contributed by atoms with Crippen LogP contribution in [-0.2, 0) is 10.0 Å². The molecule has 0 saturated carbocycles. The van der Waals surface area contributed by atoms with E-state index in [0.717, 1.165) is 6.42 Å². The summed E-state index contributed by atoms with van der Waals surface area (Å²) >= 11 is 0. The zero-order valence-corrected chi connectivity index (χ0v) is 10.7. The van der Waals surface area contributed by atoms with E-state index < -0.39 is 10.0 Å². The molecule has 0 unspecified atom stereocenters. The number of nitrogens with one attached hydrogen (secondary N) is 2. The Kier molecular flexibility index (Phi) is 4.65. The van der Waals surface area contributed by atoms with Crippen molar-refractivity contribution in [3.63, 3.8) is 0 Å². The van der Waals surface area contributed by atoms with Crippen molar-refractivity contribution in [2.75, 3.05) is 13.6 Å². The lowest BCUT2D eigenvalue weighted by Crippen LogP contribution is -2.25. The van der Waals surface area contributed by atoms with Crippen molar-refractivity contribution in [3.05, 3.63) is 29.8 Å². The van der Waals surface area contributed by atoms with E-state index in [-0.39, 0.29) is 10.8 Å². The molecular formula is C11H16N2O3S. The summed E-state index contributed by atoms with van der Waals surface area (Å²) in [5.74, 6) is -0.264. The van der Waals surface area contributed by atoms with Gasteiger partial charge in [-0.05, 0) is 31.7 Å². The highest BCUT2D eigenvalue weighted by molar-refractivity contribution is 7.89. The van der Waals surface area contributed by atoms with Gasteiger partial charge in [0.2, 0.25) is 10.0 Å². The van der Waals surface area contributed by atoms with Crippen LogP contribution in [-0.4, -0.2) is 27.9 Å². The largest absolute Gasteiger partial charge is 0.352 e. The van der Waals surface area contributed by atoms with E-state index in [1.54, 1.807) is 12.1 Å². The molecule has 6 heteroatoms. The minimum atomic E-state index is -3.50. The van der Waals surface area contributed by atoms with Gasteiger partial charge >= 0.3 is 0 Å².